The highest BCUT2D eigenvalue weighted by atomic mass is 15.1. The third-order valence-corrected chi connectivity index (χ3v) is 10.6. The van der Waals surface area contributed by atoms with Crippen molar-refractivity contribution in [2.75, 3.05) is 4.90 Å². The average molecular weight is 666 g/mol. The summed E-state index contributed by atoms with van der Waals surface area (Å²) in [5.41, 5.74) is 18.3. The van der Waals surface area contributed by atoms with Gasteiger partial charge in [-0.2, -0.15) is 0 Å². The number of hydrogen-bond donors (Lipinski definition) is 0. The van der Waals surface area contributed by atoms with Gasteiger partial charge in [0.05, 0.1) is 0 Å². The van der Waals surface area contributed by atoms with Gasteiger partial charge in [0.2, 0.25) is 0 Å². The van der Waals surface area contributed by atoms with Crippen molar-refractivity contribution in [3.63, 3.8) is 0 Å². The second-order valence-corrected chi connectivity index (χ2v) is 14.2. The molecule has 0 bridgehead atoms. The van der Waals surface area contributed by atoms with Crippen LogP contribution in [-0.4, -0.2) is 0 Å². The van der Waals surface area contributed by atoms with Crippen LogP contribution in [0, 0.1) is 0 Å². The molecular weight excluding hydrogens is 627 g/mol. The Morgan fingerprint density at radius 1 is 0.327 bits per heavy atom. The number of rotatable bonds is 7. The summed E-state index contributed by atoms with van der Waals surface area (Å²) in [5, 5.41) is 0. The van der Waals surface area contributed by atoms with Crippen LogP contribution in [0.15, 0.2) is 200 Å². The first kappa shape index (κ1) is 31.5. The van der Waals surface area contributed by atoms with E-state index in [1.54, 1.807) is 0 Å². The maximum atomic E-state index is 2.45. The maximum absolute atomic E-state index is 2.45. The van der Waals surface area contributed by atoms with Crippen LogP contribution in [0.5, 0.6) is 0 Å². The van der Waals surface area contributed by atoms with E-state index in [1.807, 2.05) is 0 Å². The van der Waals surface area contributed by atoms with Gasteiger partial charge in [0.25, 0.3) is 0 Å². The normalized spacial score (nSPS) is 12.6. The monoisotopic (exact) mass is 665 g/mol. The molecule has 8 aromatic carbocycles. The molecule has 0 spiro atoms. The molecule has 0 aliphatic heterocycles. The highest BCUT2D eigenvalue weighted by Crippen LogP contribution is 2.56. The number of anilines is 3. The number of nitrogens with zero attached hydrogens (tertiary/aromatic N) is 1. The molecule has 0 unspecified atom stereocenters. The summed E-state index contributed by atoms with van der Waals surface area (Å²) in [5.74, 6) is 0. The van der Waals surface area contributed by atoms with E-state index in [0.717, 1.165) is 17.1 Å². The molecule has 52 heavy (non-hydrogen) atoms. The Kier molecular flexibility index (Phi) is 7.90. The number of benzene rings is 8. The lowest BCUT2D eigenvalue weighted by atomic mass is 9.78. The smallest absolute Gasteiger partial charge is 0.0471 e. The third-order valence-electron chi connectivity index (χ3n) is 10.6. The molecule has 9 rings (SSSR count). The van der Waals surface area contributed by atoms with Gasteiger partial charge >= 0.3 is 0 Å². The van der Waals surface area contributed by atoms with Crippen LogP contribution in [0.1, 0.15) is 25.0 Å². The van der Waals surface area contributed by atoms with Crippen molar-refractivity contribution >= 4 is 17.1 Å². The fourth-order valence-electron chi connectivity index (χ4n) is 8.13. The van der Waals surface area contributed by atoms with Crippen LogP contribution >= 0.6 is 0 Å². The molecule has 8 aromatic rings. The fraction of sp³-hybridized carbons (Fsp3) is 0.0588. The standard InChI is InChI=1S/C51H39N/c1-51(2)48-35-44(34-47(41-22-13-6-14-23-41)49(48)46-25-15-24-45(50(46)51)40-20-11-5-12-21-40)52(42-30-26-38(27-31-42)36-16-7-3-8-17-36)43-32-28-39(29-33-43)37-18-9-4-10-19-37/h3-35H,1-2H3. The van der Waals surface area contributed by atoms with E-state index < -0.39 is 0 Å². The first-order valence-corrected chi connectivity index (χ1v) is 18.1. The Morgan fingerprint density at radius 3 is 1.21 bits per heavy atom. The Bertz CT molecular complexity index is 2400. The van der Waals surface area contributed by atoms with Crippen LogP contribution in [0.4, 0.5) is 17.1 Å². The van der Waals surface area contributed by atoms with Gasteiger partial charge in [-0.15, -0.1) is 0 Å². The molecule has 0 N–H and O–H groups in total. The van der Waals surface area contributed by atoms with Crippen LogP contribution in [-0.2, 0) is 5.41 Å². The van der Waals surface area contributed by atoms with Crippen molar-refractivity contribution < 1.29 is 0 Å². The fourth-order valence-corrected chi connectivity index (χ4v) is 8.13. The van der Waals surface area contributed by atoms with Gasteiger partial charge < -0.3 is 4.90 Å². The van der Waals surface area contributed by atoms with E-state index in [2.05, 4.69) is 219 Å². The Balaban J connectivity index is 1.26. The van der Waals surface area contributed by atoms with Gasteiger partial charge in [-0.25, -0.2) is 0 Å². The van der Waals surface area contributed by atoms with Crippen LogP contribution < -0.4 is 4.90 Å². The van der Waals surface area contributed by atoms with Gasteiger partial charge in [-0.05, 0) is 103 Å². The van der Waals surface area contributed by atoms with Gasteiger partial charge in [-0.1, -0.05) is 178 Å². The lowest BCUT2D eigenvalue weighted by Gasteiger charge is -2.30. The molecule has 0 radical (unpaired) electrons. The zero-order valence-electron chi connectivity index (χ0n) is 29.5. The van der Waals surface area contributed by atoms with E-state index in [0.29, 0.717) is 0 Å². The molecule has 1 aliphatic carbocycles. The molecule has 248 valence electrons. The highest BCUT2D eigenvalue weighted by Gasteiger charge is 2.40. The molecule has 1 aliphatic rings. The average Bonchev–Trinajstić information content (AvgIpc) is 3.45. The molecule has 0 amide bonds. The van der Waals surface area contributed by atoms with E-state index in [9.17, 15) is 0 Å². The molecule has 0 aromatic heterocycles. The van der Waals surface area contributed by atoms with E-state index in [1.165, 1.54) is 66.8 Å². The minimum atomic E-state index is -0.239. The quantitative estimate of drug-likeness (QED) is 0.164. The lowest BCUT2D eigenvalue weighted by molar-refractivity contribution is 0.662. The zero-order valence-corrected chi connectivity index (χ0v) is 29.5. The topological polar surface area (TPSA) is 3.24 Å². The first-order valence-electron chi connectivity index (χ1n) is 18.1. The van der Waals surface area contributed by atoms with E-state index >= 15 is 0 Å². The van der Waals surface area contributed by atoms with Crippen LogP contribution in [0.25, 0.3) is 55.6 Å². The Hall–Kier alpha value is -6.44. The van der Waals surface area contributed by atoms with Crippen LogP contribution in [0.2, 0.25) is 0 Å². The van der Waals surface area contributed by atoms with Gasteiger partial charge in [-0.3, -0.25) is 0 Å². The second kappa shape index (κ2) is 13.0. The summed E-state index contributed by atoms with van der Waals surface area (Å²) >= 11 is 0. The largest absolute Gasteiger partial charge is 0.310 e. The third kappa shape index (κ3) is 5.52. The molecule has 0 heterocycles. The minimum Gasteiger partial charge on any atom is -0.310 e. The number of fused-ring (bicyclic) bond motifs is 3. The van der Waals surface area contributed by atoms with Gasteiger partial charge in [0.15, 0.2) is 0 Å². The van der Waals surface area contributed by atoms with Crippen molar-refractivity contribution in [3.8, 4) is 55.6 Å². The molecule has 1 nitrogen and oxygen atoms in total. The zero-order chi connectivity index (χ0) is 35.1. The SMILES string of the molecule is CC1(C)c2cc(N(c3ccc(-c4ccccc4)cc3)c3ccc(-c4ccccc4)cc3)cc(-c3ccccc3)c2-c2cccc(-c3ccccc3)c21. The summed E-state index contributed by atoms with van der Waals surface area (Å²) in [7, 11) is 0. The molecular formula is C51H39N. The van der Waals surface area contributed by atoms with Gasteiger partial charge in [0.1, 0.15) is 0 Å². The summed E-state index contributed by atoms with van der Waals surface area (Å²) in [6, 6.07) is 72.7. The van der Waals surface area contributed by atoms with Crippen molar-refractivity contribution in [1.82, 2.24) is 0 Å². The molecule has 0 fully saturated rings. The highest BCUT2D eigenvalue weighted by molar-refractivity contribution is 5.98. The van der Waals surface area contributed by atoms with E-state index in [4.69, 9.17) is 0 Å². The molecule has 0 atom stereocenters. The lowest BCUT2D eigenvalue weighted by Crippen LogP contribution is -2.18. The molecule has 0 saturated carbocycles. The van der Waals surface area contributed by atoms with E-state index in [-0.39, 0.29) is 5.41 Å². The molecule has 0 saturated heterocycles. The molecule has 1 heteroatoms. The first-order chi connectivity index (χ1) is 25.6. The summed E-state index contributed by atoms with van der Waals surface area (Å²) in [4.78, 5) is 2.42. The Labute approximate surface area is 307 Å². The number of hydrogen-bond acceptors (Lipinski definition) is 1. The van der Waals surface area contributed by atoms with Crippen LogP contribution in [0.3, 0.4) is 0 Å². The predicted molar refractivity (Wildman–Crippen MR) is 220 cm³/mol. The maximum Gasteiger partial charge on any atom is 0.0471 e. The van der Waals surface area contributed by atoms with Crippen molar-refractivity contribution in [2.24, 2.45) is 0 Å². The van der Waals surface area contributed by atoms with Crippen molar-refractivity contribution in [2.45, 2.75) is 19.3 Å². The predicted octanol–water partition coefficient (Wildman–Crippen LogP) is 14.1. The summed E-state index contributed by atoms with van der Waals surface area (Å²) < 4.78 is 0. The summed E-state index contributed by atoms with van der Waals surface area (Å²) in [6.07, 6.45) is 0. The summed E-state index contributed by atoms with van der Waals surface area (Å²) in [6.45, 7) is 4.80. The second-order valence-electron chi connectivity index (χ2n) is 14.2. The minimum absolute atomic E-state index is 0.239. The van der Waals surface area contributed by atoms with Crippen molar-refractivity contribution in [3.05, 3.63) is 211 Å². The Morgan fingerprint density at radius 2 is 0.731 bits per heavy atom. The van der Waals surface area contributed by atoms with Gasteiger partial charge in [0, 0.05) is 22.5 Å². The van der Waals surface area contributed by atoms with Crippen molar-refractivity contribution in [1.29, 1.82) is 0 Å².